The smallest absolute Gasteiger partial charge is 0.0794 e. The van der Waals surface area contributed by atoms with E-state index >= 15 is 0 Å². The molecule has 0 radical (unpaired) electrons. The van der Waals surface area contributed by atoms with E-state index in [0.717, 1.165) is 6.54 Å². The van der Waals surface area contributed by atoms with E-state index in [1.165, 1.54) is 16.1 Å². The summed E-state index contributed by atoms with van der Waals surface area (Å²) in [5.74, 6) is 0. The van der Waals surface area contributed by atoms with Gasteiger partial charge >= 0.3 is 0 Å². The molecule has 13 heavy (non-hydrogen) atoms. The van der Waals surface area contributed by atoms with Gasteiger partial charge in [0.05, 0.1) is 12.1 Å². The highest BCUT2D eigenvalue weighted by atomic mass is 32.1. The Hall–Kier alpha value is -0.870. The van der Waals surface area contributed by atoms with Gasteiger partial charge in [0.15, 0.2) is 0 Å². The van der Waals surface area contributed by atoms with E-state index in [9.17, 15) is 0 Å². The fraction of sp³-hybridized carbons (Fsp3) is 0.222. The number of thiophene rings is 1. The molecule has 0 aromatic carbocycles. The van der Waals surface area contributed by atoms with Gasteiger partial charge in [-0.3, -0.25) is 4.98 Å². The van der Waals surface area contributed by atoms with Crippen molar-refractivity contribution in [3.63, 3.8) is 0 Å². The highest BCUT2D eigenvalue weighted by Crippen LogP contribution is 2.20. The zero-order valence-electron chi connectivity index (χ0n) is 7.28. The molecule has 4 heteroatoms. The molecule has 0 bridgehead atoms. The predicted molar refractivity (Wildman–Crippen MR) is 58.5 cm³/mol. The summed E-state index contributed by atoms with van der Waals surface area (Å²) in [6.45, 7) is 2.99. The molecule has 0 amide bonds. The lowest BCUT2D eigenvalue weighted by molar-refractivity contribution is 1.17. The number of aryl methyl sites for hydroxylation is 1. The Bertz CT molecular complexity index is 365. The molecule has 2 aromatic rings. The van der Waals surface area contributed by atoms with Crippen molar-refractivity contribution in [2.24, 2.45) is 0 Å². The number of thiazole rings is 1. The molecule has 2 heterocycles. The lowest BCUT2D eigenvalue weighted by Gasteiger charge is -2.02. The summed E-state index contributed by atoms with van der Waals surface area (Å²) < 4.78 is 0. The Morgan fingerprint density at radius 1 is 1.46 bits per heavy atom. The molecule has 68 valence electrons. The van der Waals surface area contributed by atoms with E-state index < -0.39 is 0 Å². The van der Waals surface area contributed by atoms with Crippen LogP contribution in [0.2, 0.25) is 0 Å². The first kappa shape index (κ1) is 8.72. The van der Waals surface area contributed by atoms with Gasteiger partial charge in [0.1, 0.15) is 0 Å². The van der Waals surface area contributed by atoms with Crippen molar-refractivity contribution < 1.29 is 0 Å². The van der Waals surface area contributed by atoms with Gasteiger partial charge in [-0.05, 0) is 17.9 Å². The summed E-state index contributed by atoms with van der Waals surface area (Å²) in [7, 11) is 0. The lowest BCUT2D eigenvalue weighted by atomic mass is 10.3. The van der Waals surface area contributed by atoms with Gasteiger partial charge in [-0.2, -0.15) is 0 Å². The average Bonchev–Trinajstić information content (AvgIpc) is 2.72. The molecule has 0 aliphatic carbocycles. The second-order valence-electron chi connectivity index (χ2n) is 2.79. The molecule has 0 unspecified atom stereocenters. The third-order valence-electron chi connectivity index (χ3n) is 1.79. The zero-order valence-corrected chi connectivity index (χ0v) is 8.91. The minimum atomic E-state index is 0.877. The van der Waals surface area contributed by atoms with Gasteiger partial charge in [-0.1, -0.05) is 0 Å². The second kappa shape index (κ2) is 3.89. The van der Waals surface area contributed by atoms with Crippen molar-refractivity contribution in [3.8, 4) is 0 Å². The maximum absolute atomic E-state index is 4.03. The molecule has 0 atom stereocenters. The van der Waals surface area contributed by atoms with Crippen molar-refractivity contribution in [1.29, 1.82) is 0 Å². The molecular weight excluding hydrogens is 200 g/mol. The van der Waals surface area contributed by atoms with E-state index in [-0.39, 0.29) is 0 Å². The molecule has 2 rings (SSSR count). The van der Waals surface area contributed by atoms with Crippen LogP contribution in [-0.2, 0) is 6.54 Å². The van der Waals surface area contributed by atoms with Crippen LogP contribution in [0.15, 0.2) is 22.5 Å². The molecule has 0 fully saturated rings. The van der Waals surface area contributed by atoms with Gasteiger partial charge < -0.3 is 5.32 Å². The quantitative estimate of drug-likeness (QED) is 0.842. The van der Waals surface area contributed by atoms with Crippen LogP contribution >= 0.6 is 22.7 Å². The molecular formula is C9H10N2S2. The van der Waals surface area contributed by atoms with Crippen molar-refractivity contribution >= 4 is 28.4 Å². The number of hydrogen-bond acceptors (Lipinski definition) is 4. The zero-order chi connectivity index (χ0) is 9.10. The molecule has 0 aliphatic heterocycles. The molecule has 2 aromatic heterocycles. The summed E-state index contributed by atoms with van der Waals surface area (Å²) in [5.41, 5.74) is 4.41. The molecule has 1 N–H and O–H groups in total. The first-order chi connectivity index (χ1) is 6.36. The summed E-state index contributed by atoms with van der Waals surface area (Å²) in [6.07, 6.45) is 1.90. The second-order valence-corrected chi connectivity index (χ2v) is 4.50. The predicted octanol–water partition coefficient (Wildman–Crippen LogP) is 3.13. The Labute approximate surface area is 85.3 Å². The average molecular weight is 210 g/mol. The SMILES string of the molecule is Cc1cscc1NCc1cncs1. The van der Waals surface area contributed by atoms with Gasteiger partial charge in [0, 0.05) is 22.1 Å². The van der Waals surface area contributed by atoms with E-state index in [1.807, 2.05) is 11.7 Å². The largest absolute Gasteiger partial charge is 0.379 e. The molecule has 0 aliphatic rings. The van der Waals surface area contributed by atoms with Crippen molar-refractivity contribution in [2.75, 3.05) is 5.32 Å². The number of anilines is 1. The van der Waals surface area contributed by atoms with Crippen LogP contribution in [0.1, 0.15) is 10.4 Å². The van der Waals surface area contributed by atoms with Crippen LogP contribution in [0, 0.1) is 6.92 Å². The fourth-order valence-electron chi connectivity index (χ4n) is 1.05. The normalized spacial score (nSPS) is 10.2. The van der Waals surface area contributed by atoms with Gasteiger partial charge in [0.2, 0.25) is 0 Å². The first-order valence-corrected chi connectivity index (χ1v) is 5.82. The Kier molecular flexibility index (Phi) is 2.61. The molecule has 2 nitrogen and oxygen atoms in total. The van der Waals surface area contributed by atoms with Crippen molar-refractivity contribution in [3.05, 3.63) is 32.9 Å². The van der Waals surface area contributed by atoms with Gasteiger partial charge in [-0.15, -0.1) is 22.7 Å². The highest BCUT2D eigenvalue weighted by Gasteiger charge is 1.98. The maximum atomic E-state index is 4.03. The van der Waals surface area contributed by atoms with E-state index in [4.69, 9.17) is 0 Å². The monoisotopic (exact) mass is 210 g/mol. The van der Waals surface area contributed by atoms with E-state index in [2.05, 4.69) is 28.0 Å². The summed E-state index contributed by atoms with van der Waals surface area (Å²) in [6, 6.07) is 0. The van der Waals surface area contributed by atoms with Crippen LogP contribution in [0.3, 0.4) is 0 Å². The minimum Gasteiger partial charge on any atom is -0.379 e. The number of rotatable bonds is 3. The lowest BCUT2D eigenvalue weighted by Crippen LogP contribution is -1.96. The van der Waals surface area contributed by atoms with Gasteiger partial charge in [-0.25, -0.2) is 0 Å². The van der Waals surface area contributed by atoms with Crippen LogP contribution in [0.4, 0.5) is 5.69 Å². The third-order valence-corrected chi connectivity index (χ3v) is 3.43. The van der Waals surface area contributed by atoms with Crippen molar-refractivity contribution in [1.82, 2.24) is 4.98 Å². The van der Waals surface area contributed by atoms with E-state index in [1.54, 1.807) is 22.7 Å². The molecule has 0 spiro atoms. The van der Waals surface area contributed by atoms with Crippen molar-refractivity contribution in [2.45, 2.75) is 13.5 Å². The topological polar surface area (TPSA) is 24.9 Å². The van der Waals surface area contributed by atoms with Crippen LogP contribution in [0.5, 0.6) is 0 Å². The number of aromatic nitrogens is 1. The minimum absolute atomic E-state index is 0.877. The van der Waals surface area contributed by atoms with Crippen LogP contribution in [0.25, 0.3) is 0 Å². The van der Waals surface area contributed by atoms with Gasteiger partial charge in [0.25, 0.3) is 0 Å². The summed E-state index contributed by atoms with van der Waals surface area (Å²) >= 11 is 3.41. The standard InChI is InChI=1S/C9H10N2S2/c1-7-4-12-5-9(7)11-3-8-2-10-6-13-8/h2,4-6,11H,3H2,1H3. The number of nitrogens with one attached hydrogen (secondary N) is 1. The first-order valence-electron chi connectivity index (χ1n) is 4.00. The fourth-order valence-corrected chi connectivity index (χ4v) is 2.39. The number of hydrogen-bond donors (Lipinski definition) is 1. The maximum Gasteiger partial charge on any atom is 0.0794 e. The van der Waals surface area contributed by atoms with Crippen LogP contribution in [-0.4, -0.2) is 4.98 Å². The van der Waals surface area contributed by atoms with E-state index in [0.29, 0.717) is 0 Å². The van der Waals surface area contributed by atoms with Crippen LogP contribution < -0.4 is 5.32 Å². The summed E-state index contributed by atoms with van der Waals surface area (Å²) in [5, 5.41) is 7.66. The molecule has 0 saturated carbocycles. The third kappa shape index (κ3) is 2.08. The highest BCUT2D eigenvalue weighted by molar-refractivity contribution is 7.09. The Balaban J connectivity index is 1.97. The molecule has 0 saturated heterocycles. The summed E-state index contributed by atoms with van der Waals surface area (Å²) in [4.78, 5) is 5.29. The number of nitrogens with zero attached hydrogens (tertiary/aromatic N) is 1. The Morgan fingerprint density at radius 3 is 3.00 bits per heavy atom. The Morgan fingerprint density at radius 2 is 2.38 bits per heavy atom.